The molecule has 0 radical (unpaired) electrons. The Morgan fingerprint density at radius 2 is 1.56 bits per heavy atom. The molecule has 0 amide bonds. The number of benzene rings is 3. The van der Waals surface area contributed by atoms with Gasteiger partial charge >= 0.3 is 0 Å². The van der Waals surface area contributed by atoms with Crippen molar-refractivity contribution in [2.75, 3.05) is 31.6 Å². The number of hydrogen-bond acceptors (Lipinski definition) is 5. The van der Waals surface area contributed by atoms with E-state index in [9.17, 15) is 12.8 Å². The standard InChI is InChI=1S/C26H29FN2O4S/c1-32-25-13-12-23(18-26(25)33-2)29(34(30,31)24-6-4-3-5-7-24)22-14-16-28(17-15-22)19-20-8-10-21(27)11-9-20/h3-13,18,22H,14-17,19H2,1-2H3. The summed E-state index contributed by atoms with van der Waals surface area (Å²) in [5.74, 6) is 0.763. The molecule has 3 aromatic rings. The van der Waals surface area contributed by atoms with Gasteiger partial charge in [0.1, 0.15) is 5.82 Å². The minimum atomic E-state index is -3.80. The number of nitrogens with zero attached hydrogens (tertiary/aromatic N) is 2. The average Bonchev–Trinajstić information content (AvgIpc) is 2.87. The van der Waals surface area contributed by atoms with Crippen molar-refractivity contribution in [2.24, 2.45) is 0 Å². The van der Waals surface area contributed by atoms with Crippen LogP contribution in [0.2, 0.25) is 0 Å². The fourth-order valence-corrected chi connectivity index (χ4v) is 6.10. The van der Waals surface area contributed by atoms with Gasteiger partial charge < -0.3 is 9.47 Å². The molecule has 1 aliphatic heterocycles. The summed E-state index contributed by atoms with van der Waals surface area (Å²) in [5.41, 5.74) is 1.58. The number of rotatable bonds is 8. The summed E-state index contributed by atoms with van der Waals surface area (Å²) >= 11 is 0. The first-order chi connectivity index (χ1) is 16.4. The van der Waals surface area contributed by atoms with Crippen molar-refractivity contribution in [3.8, 4) is 11.5 Å². The molecule has 34 heavy (non-hydrogen) atoms. The molecular formula is C26H29FN2O4S. The normalized spacial score (nSPS) is 15.1. The number of piperidine rings is 1. The molecule has 1 fully saturated rings. The van der Waals surface area contributed by atoms with Gasteiger partial charge in [0.15, 0.2) is 11.5 Å². The minimum Gasteiger partial charge on any atom is -0.493 e. The Bertz CT molecular complexity index is 1200. The molecule has 0 bridgehead atoms. The molecule has 1 aliphatic rings. The second kappa shape index (κ2) is 10.4. The van der Waals surface area contributed by atoms with Crippen molar-refractivity contribution in [1.82, 2.24) is 4.90 Å². The van der Waals surface area contributed by atoms with Crippen LogP contribution in [-0.4, -0.2) is 46.7 Å². The van der Waals surface area contributed by atoms with E-state index in [2.05, 4.69) is 4.90 Å². The maximum Gasteiger partial charge on any atom is 0.264 e. The van der Waals surface area contributed by atoms with Crippen LogP contribution >= 0.6 is 0 Å². The zero-order valence-corrected chi connectivity index (χ0v) is 20.2. The highest BCUT2D eigenvalue weighted by atomic mass is 32.2. The maximum absolute atomic E-state index is 13.8. The highest BCUT2D eigenvalue weighted by Gasteiger charge is 2.34. The van der Waals surface area contributed by atoms with Gasteiger partial charge in [0.05, 0.1) is 24.8 Å². The zero-order chi connectivity index (χ0) is 24.1. The van der Waals surface area contributed by atoms with Gasteiger partial charge in [0.25, 0.3) is 10.0 Å². The van der Waals surface area contributed by atoms with Crippen LogP contribution in [0.3, 0.4) is 0 Å². The lowest BCUT2D eigenvalue weighted by atomic mass is 10.0. The van der Waals surface area contributed by atoms with Crippen LogP contribution in [-0.2, 0) is 16.6 Å². The predicted octanol–water partition coefficient (Wildman–Crippen LogP) is 4.70. The van der Waals surface area contributed by atoms with Crippen LogP contribution in [0.25, 0.3) is 0 Å². The number of anilines is 1. The van der Waals surface area contributed by atoms with Crippen LogP contribution < -0.4 is 13.8 Å². The van der Waals surface area contributed by atoms with Gasteiger partial charge in [-0.05, 0) is 54.8 Å². The van der Waals surface area contributed by atoms with Crippen LogP contribution in [0.4, 0.5) is 10.1 Å². The number of likely N-dealkylation sites (tertiary alicyclic amines) is 1. The number of halogens is 1. The Morgan fingerprint density at radius 1 is 0.912 bits per heavy atom. The largest absolute Gasteiger partial charge is 0.493 e. The van der Waals surface area contributed by atoms with Gasteiger partial charge in [-0.15, -0.1) is 0 Å². The third-order valence-electron chi connectivity index (χ3n) is 6.13. The van der Waals surface area contributed by atoms with Crippen molar-refractivity contribution in [3.63, 3.8) is 0 Å². The van der Waals surface area contributed by atoms with Gasteiger partial charge in [0.2, 0.25) is 0 Å². The predicted molar refractivity (Wildman–Crippen MR) is 130 cm³/mol. The van der Waals surface area contributed by atoms with E-state index in [4.69, 9.17) is 9.47 Å². The summed E-state index contributed by atoms with van der Waals surface area (Å²) in [7, 11) is -0.721. The molecule has 1 heterocycles. The fraction of sp³-hybridized carbons (Fsp3) is 0.308. The summed E-state index contributed by atoms with van der Waals surface area (Å²) in [6.07, 6.45) is 1.34. The van der Waals surface area contributed by atoms with E-state index < -0.39 is 10.0 Å². The third kappa shape index (κ3) is 5.18. The van der Waals surface area contributed by atoms with E-state index in [1.807, 2.05) is 0 Å². The van der Waals surface area contributed by atoms with Gasteiger partial charge in [-0.25, -0.2) is 12.8 Å². The van der Waals surface area contributed by atoms with Gasteiger partial charge in [-0.1, -0.05) is 30.3 Å². The van der Waals surface area contributed by atoms with Gasteiger partial charge in [-0.3, -0.25) is 9.21 Å². The Kier molecular flexibility index (Phi) is 7.38. The van der Waals surface area contributed by atoms with Crippen LogP contribution in [0.1, 0.15) is 18.4 Å². The van der Waals surface area contributed by atoms with Crippen molar-refractivity contribution in [3.05, 3.63) is 84.2 Å². The molecule has 0 aliphatic carbocycles. The smallest absolute Gasteiger partial charge is 0.264 e. The van der Waals surface area contributed by atoms with E-state index in [-0.39, 0.29) is 16.8 Å². The quantitative estimate of drug-likeness (QED) is 0.464. The molecule has 0 atom stereocenters. The first-order valence-electron chi connectivity index (χ1n) is 11.2. The van der Waals surface area contributed by atoms with Crippen LogP contribution in [0, 0.1) is 5.82 Å². The Balaban J connectivity index is 1.61. The summed E-state index contributed by atoms with van der Waals surface area (Å²) < 4.78 is 53.1. The molecule has 0 aromatic heterocycles. The van der Waals surface area contributed by atoms with Crippen LogP contribution in [0.15, 0.2) is 77.7 Å². The number of ether oxygens (including phenoxy) is 2. The van der Waals surface area contributed by atoms with Crippen LogP contribution in [0.5, 0.6) is 11.5 Å². The van der Waals surface area contributed by atoms with Crippen molar-refractivity contribution in [1.29, 1.82) is 0 Å². The van der Waals surface area contributed by atoms with E-state index in [1.165, 1.54) is 23.5 Å². The maximum atomic E-state index is 13.8. The SMILES string of the molecule is COc1ccc(N(C2CCN(Cc3ccc(F)cc3)CC2)S(=O)(=O)c2ccccc2)cc1OC. The zero-order valence-electron chi connectivity index (χ0n) is 19.4. The number of sulfonamides is 1. The summed E-state index contributed by atoms with van der Waals surface area (Å²) in [6, 6.07) is 20.0. The van der Waals surface area contributed by atoms with Crippen molar-refractivity contribution < 1.29 is 22.3 Å². The molecule has 6 nitrogen and oxygen atoms in total. The third-order valence-corrected chi connectivity index (χ3v) is 8.02. The lowest BCUT2D eigenvalue weighted by molar-refractivity contribution is 0.206. The van der Waals surface area contributed by atoms with Crippen molar-refractivity contribution >= 4 is 15.7 Å². The first kappa shape index (κ1) is 24.0. The molecule has 8 heteroatoms. The number of hydrogen-bond donors (Lipinski definition) is 0. The highest BCUT2D eigenvalue weighted by Crippen LogP contribution is 2.36. The molecule has 0 saturated carbocycles. The Morgan fingerprint density at radius 3 is 2.18 bits per heavy atom. The van der Waals surface area contributed by atoms with Gasteiger partial charge in [0, 0.05) is 31.7 Å². The van der Waals surface area contributed by atoms with E-state index in [0.717, 1.165) is 18.7 Å². The Labute approximate surface area is 200 Å². The lowest BCUT2D eigenvalue weighted by Crippen LogP contribution is -2.47. The monoisotopic (exact) mass is 484 g/mol. The van der Waals surface area contributed by atoms with E-state index in [1.54, 1.807) is 67.8 Å². The molecule has 1 saturated heterocycles. The summed E-state index contributed by atoms with van der Waals surface area (Å²) in [4.78, 5) is 2.52. The van der Waals surface area contributed by atoms with E-state index >= 15 is 0 Å². The average molecular weight is 485 g/mol. The first-order valence-corrected chi connectivity index (χ1v) is 12.6. The second-order valence-electron chi connectivity index (χ2n) is 8.29. The Hall–Kier alpha value is -3.10. The van der Waals surface area contributed by atoms with E-state index in [0.29, 0.717) is 36.6 Å². The highest BCUT2D eigenvalue weighted by molar-refractivity contribution is 7.92. The molecular weight excluding hydrogens is 455 g/mol. The molecule has 0 spiro atoms. The summed E-state index contributed by atoms with van der Waals surface area (Å²) in [5, 5.41) is 0. The van der Waals surface area contributed by atoms with Crippen molar-refractivity contribution in [2.45, 2.75) is 30.3 Å². The molecule has 4 rings (SSSR count). The fourth-order valence-electron chi connectivity index (χ4n) is 4.37. The number of methoxy groups -OCH3 is 2. The molecule has 3 aromatic carbocycles. The second-order valence-corrected chi connectivity index (χ2v) is 10.1. The summed E-state index contributed by atoms with van der Waals surface area (Å²) in [6.45, 7) is 2.17. The molecule has 0 unspecified atom stereocenters. The van der Waals surface area contributed by atoms with Gasteiger partial charge in [-0.2, -0.15) is 0 Å². The molecule has 180 valence electrons. The minimum absolute atomic E-state index is 0.215. The lowest BCUT2D eigenvalue weighted by Gasteiger charge is -2.39. The topological polar surface area (TPSA) is 59.1 Å². The molecule has 0 N–H and O–H groups in total.